The highest BCUT2D eigenvalue weighted by atomic mass is 16.5. The van der Waals surface area contributed by atoms with Crippen molar-refractivity contribution in [1.82, 2.24) is 0 Å². The van der Waals surface area contributed by atoms with Crippen LogP contribution >= 0.6 is 0 Å². The summed E-state index contributed by atoms with van der Waals surface area (Å²) in [5, 5.41) is 9.91. The van der Waals surface area contributed by atoms with Crippen LogP contribution in [-0.4, -0.2) is 17.0 Å². The molecule has 1 aliphatic carbocycles. The summed E-state index contributed by atoms with van der Waals surface area (Å²) in [7, 11) is 0. The lowest BCUT2D eigenvalue weighted by Crippen LogP contribution is -2.51. The van der Waals surface area contributed by atoms with Gasteiger partial charge in [0.1, 0.15) is 12.4 Å². The number of aliphatic carboxylic acids is 1. The molecule has 0 radical (unpaired) electrons. The zero-order valence-electron chi connectivity index (χ0n) is 15.1. The molecular formula is C23H20O5. The Morgan fingerprint density at radius 1 is 0.821 bits per heavy atom. The number of hydrogen-bond donors (Lipinski definition) is 1. The number of esters is 1. The number of carbonyl (C=O) groups is 2. The second kappa shape index (κ2) is 7.72. The molecule has 4 rings (SSSR count). The standard InChI is InChI=1S/C23H20O5/c24-22(25)20-18(15-8-3-1-4-9-15)21(19(20)16-10-5-2-6-11-16)23(26)28-14-17-12-7-13-27-17/h1-13,18-21H,14H2,(H,24,25)/t18-,19-,20?,21?/m1/s1. The lowest BCUT2D eigenvalue weighted by molar-refractivity contribution is -0.165. The molecule has 0 spiro atoms. The number of carboxylic acid groups (broad SMARTS) is 1. The first-order chi connectivity index (χ1) is 13.7. The van der Waals surface area contributed by atoms with E-state index in [1.165, 1.54) is 6.26 Å². The topological polar surface area (TPSA) is 76.7 Å². The number of carboxylic acids is 1. The molecule has 2 atom stereocenters. The van der Waals surface area contributed by atoms with E-state index in [0.29, 0.717) is 5.76 Å². The van der Waals surface area contributed by atoms with E-state index in [2.05, 4.69) is 0 Å². The van der Waals surface area contributed by atoms with Crippen molar-refractivity contribution in [3.63, 3.8) is 0 Å². The van der Waals surface area contributed by atoms with Gasteiger partial charge in [-0.2, -0.15) is 0 Å². The van der Waals surface area contributed by atoms with Gasteiger partial charge in [-0.15, -0.1) is 0 Å². The molecule has 0 unspecified atom stereocenters. The van der Waals surface area contributed by atoms with Crippen LogP contribution in [0.25, 0.3) is 0 Å². The van der Waals surface area contributed by atoms with Crippen LogP contribution in [0.3, 0.4) is 0 Å². The first kappa shape index (κ1) is 18.0. The van der Waals surface area contributed by atoms with Crippen LogP contribution < -0.4 is 0 Å². The van der Waals surface area contributed by atoms with Crippen molar-refractivity contribution in [3.05, 3.63) is 95.9 Å². The van der Waals surface area contributed by atoms with Crippen molar-refractivity contribution in [1.29, 1.82) is 0 Å². The summed E-state index contributed by atoms with van der Waals surface area (Å²) in [6.07, 6.45) is 1.52. The maximum Gasteiger partial charge on any atom is 0.310 e. The van der Waals surface area contributed by atoms with Crippen LogP contribution in [0, 0.1) is 11.8 Å². The highest BCUT2D eigenvalue weighted by molar-refractivity contribution is 5.84. The Balaban J connectivity index is 1.66. The molecule has 1 aliphatic rings. The number of carbonyl (C=O) groups excluding carboxylic acids is 1. The predicted molar refractivity (Wildman–Crippen MR) is 101 cm³/mol. The molecule has 142 valence electrons. The highest BCUT2D eigenvalue weighted by Gasteiger charge is 2.59. The molecule has 5 nitrogen and oxygen atoms in total. The summed E-state index contributed by atoms with van der Waals surface area (Å²) in [6, 6.07) is 22.1. The first-order valence-corrected chi connectivity index (χ1v) is 9.18. The lowest BCUT2D eigenvalue weighted by atomic mass is 9.52. The van der Waals surface area contributed by atoms with Gasteiger partial charge in [0.05, 0.1) is 18.1 Å². The summed E-state index contributed by atoms with van der Waals surface area (Å²) in [5.41, 5.74) is 1.67. The van der Waals surface area contributed by atoms with E-state index in [1.54, 1.807) is 12.1 Å². The van der Waals surface area contributed by atoms with E-state index in [9.17, 15) is 14.7 Å². The van der Waals surface area contributed by atoms with Crippen molar-refractivity contribution < 1.29 is 23.8 Å². The third kappa shape index (κ3) is 3.31. The predicted octanol–water partition coefficient (Wildman–Crippen LogP) is 4.22. The van der Waals surface area contributed by atoms with Gasteiger partial charge in [-0.25, -0.2) is 0 Å². The van der Waals surface area contributed by atoms with Gasteiger partial charge in [0, 0.05) is 11.8 Å². The monoisotopic (exact) mass is 376 g/mol. The average Bonchev–Trinajstić information content (AvgIpc) is 3.21. The van der Waals surface area contributed by atoms with E-state index >= 15 is 0 Å². The summed E-state index contributed by atoms with van der Waals surface area (Å²) in [5.74, 6) is -2.89. The molecule has 3 aromatic rings. The van der Waals surface area contributed by atoms with Crippen molar-refractivity contribution in [2.75, 3.05) is 0 Å². The number of furan rings is 1. The summed E-state index contributed by atoms with van der Waals surface area (Å²) in [6.45, 7) is 0.0308. The van der Waals surface area contributed by atoms with Crippen LogP contribution in [0.4, 0.5) is 0 Å². The largest absolute Gasteiger partial charge is 0.481 e. The Bertz CT molecular complexity index is 886. The van der Waals surface area contributed by atoms with Crippen molar-refractivity contribution >= 4 is 11.9 Å². The summed E-state index contributed by atoms with van der Waals surface area (Å²) in [4.78, 5) is 25.1. The fourth-order valence-corrected chi connectivity index (χ4v) is 4.16. The third-order valence-corrected chi connectivity index (χ3v) is 5.41. The number of hydrogen-bond acceptors (Lipinski definition) is 4. The van der Waals surface area contributed by atoms with Gasteiger partial charge in [-0.05, 0) is 23.3 Å². The smallest absolute Gasteiger partial charge is 0.310 e. The molecular weight excluding hydrogens is 356 g/mol. The van der Waals surface area contributed by atoms with Gasteiger partial charge >= 0.3 is 11.9 Å². The summed E-state index contributed by atoms with van der Waals surface area (Å²) >= 11 is 0. The fraction of sp³-hybridized carbons (Fsp3) is 0.217. The Hall–Kier alpha value is -3.34. The quantitative estimate of drug-likeness (QED) is 0.652. The minimum Gasteiger partial charge on any atom is -0.481 e. The van der Waals surface area contributed by atoms with Crippen LogP contribution in [-0.2, 0) is 20.9 Å². The molecule has 1 heterocycles. The molecule has 5 heteroatoms. The minimum absolute atomic E-state index is 0.0308. The van der Waals surface area contributed by atoms with Gasteiger partial charge < -0.3 is 14.3 Å². The zero-order chi connectivity index (χ0) is 19.5. The number of rotatable bonds is 6. The van der Waals surface area contributed by atoms with Crippen molar-refractivity contribution in [2.24, 2.45) is 11.8 Å². The Kier molecular flexibility index (Phi) is 4.98. The van der Waals surface area contributed by atoms with Crippen LogP contribution in [0.15, 0.2) is 83.5 Å². The van der Waals surface area contributed by atoms with E-state index in [1.807, 2.05) is 60.7 Å². The molecule has 1 fully saturated rings. The Labute approximate surface area is 162 Å². The number of benzene rings is 2. The molecule has 0 aliphatic heterocycles. The highest BCUT2D eigenvalue weighted by Crippen LogP contribution is 2.58. The normalized spacial score (nSPS) is 23.6. The van der Waals surface area contributed by atoms with Crippen molar-refractivity contribution in [2.45, 2.75) is 18.4 Å². The zero-order valence-corrected chi connectivity index (χ0v) is 15.1. The van der Waals surface area contributed by atoms with Gasteiger partial charge in [0.25, 0.3) is 0 Å². The molecule has 1 saturated carbocycles. The molecule has 1 N–H and O–H groups in total. The Morgan fingerprint density at radius 2 is 1.39 bits per heavy atom. The number of ether oxygens (including phenoxy) is 1. The van der Waals surface area contributed by atoms with E-state index in [-0.39, 0.29) is 6.61 Å². The van der Waals surface area contributed by atoms with E-state index in [4.69, 9.17) is 9.15 Å². The average molecular weight is 376 g/mol. The first-order valence-electron chi connectivity index (χ1n) is 9.18. The maximum atomic E-state index is 13.0. The SMILES string of the molecule is O=C(O)C1[C@@H](c2ccccc2)C(C(=O)OCc2ccco2)[C@@H]1c1ccccc1. The van der Waals surface area contributed by atoms with E-state index < -0.39 is 35.6 Å². The maximum absolute atomic E-state index is 13.0. The minimum atomic E-state index is -0.905. The van der Waals surface area contributed by atoms with Crippen LogP contribution in [0.5, 0.6) is 0 Å². The van der Waals surface area contributed by atoms with Gasteiger partial charge in [0.2, 0.25) is 0 Å². The molecule has 0 saturated heterocycles. The Morgan fingerprint density at radius 3 is 1.86 bits per heavy atom. The molecule has 1 aromatic heterocycles. The second-order valence-corrected chi connectivity index (χ2v) is 6.95. The molecule has 0 amide bonds. The van der Waals surface area contributed by atoms with E-state index in [0.717, 1.165) is 11.1 Å². The van der Waals surface area contributed by atoms with Crippen LogP contribution in [0.2, 0.25) is 0 Å². The lowest BCUT2D eigenvalue weighted by Gasteiger charge is -2.49. The third-order valence-electron chi connectivity index (χ3n) is 5.41. The second-order valence-electron chi connectivity index (χ2n) is 6.95. The van der Waals surface area contributed by atoms with Gasteiger partial charge in [-0.3, -0.25) is 9.59 Å². The fourth-order valence-electron chi connectivity index (χ4n) is 4.16. The van der Waals surface area contributed by atoms with Crippen molar-refractivity contribution in [3.8, 4) is 0 Å². The summed E-state index contributed by atoms with van der Waals surface area (Å²) < 4.78 is 10.7. The molecule has 0 bridgehead atoms. The van der Waals surface area contributed by atoms with Crippen LogP contribution in [0.1, 0.15) is 28.7 Å². The van der Waals surface area contributed by atoms with Gasteiger partial charge in [-0.1, -0.05) is 60.7 Å². The molecule has 2 aromatic carbocycles. The molecule has 28 heavy (non-hydrogen) atoms. The van der Waals surface area contributed by atoms with Gasteiger partial charge in [0.15, 0.2) is 0 Å².